The highest BCUT2D eigenvalue weighted by Gasteiger charge is 1.93. The first-order valence-corrected chi connectivity index (χ1v) is 4.36. The number of aliphatic hydroxyl groups is 1. The fraction of sp³-hybridized carbons (Fsp3) is 0.375. The van der Waals surface area contributed by atoms with Gasteiger partial charge in [-0.25, -0.2) is 0 Å². The quantitative estimate of drug-likeness (QED) is 0.514. The third-order valence-electron chi connectivity index (χ3n) is 0.871. The van der Waals surface area contributed by atoms with Crippen LogP contribution in [0.1, 0.15) is 6.92 Å². The number of carbonyl (C=O) groups is 1. The van der Waals surface area contributed by atoms with Crippen LogP contribution in [0.15, 0.2) is 24.3 Å². The molecule has 0 aromatic heterocycles. The summed E-state index contributed by atoms with van der Waals surface area (Å²) in [5.41, 5.74) is 0. The first kappa shape index (κ1) is 10.5. The van der Waals surface area contributed by atoms with Gasteiger partial charge in [-0.2, -0.15) is 0 Å². The van der Waals surface area contributed by atoms with Gasteiger partial charge in [0.05, 0.1) is 6.61 Å². The highest BCUT2D eigenvalue weighted by molar-refractivity contribution is 8.14. The minimum Gasteiger partial charge on any atom is -0.396 e. The van der Waals surface area contributed by atoms with Crippen LogP contribution in [0.2, 0.25) is 0 Å². The summed E-state index contributed by atoms with van der Waals surface area (Å²) in [4.78, 5) is 10.8. The van der Waals surface area contributed by atoms with E-state index in [0.29, 0.717) is 5.75 Å². The van der Waals surface area contributed by atoms with Crippen molar-refractivity contribution in [2.24, 2.45) is 0 Å². The number of allylic oxidation sites excluding steroid dienone is 3. The van der Waals surface area contributed by atoms with Gasteiger partial charge in [0.2, 0.25) is 5.12 Å². The molecule has 0 aromatic carbocycles. The van der Waals surface area contributed by atoms with Crippen molar-refractivity contribution in [1.29, 1.82) is 0 Å². The van der Waals surface area contributed by atoms with Crippen molar-refractivity contribution in [1.82, 2.24) is 0 Å². The lowest BCUT2D eigenvalue weighted by Crippen LogP contribution is -1.91. The van der Waals surface area contributed by atoms with Gasteiger partial charge in [0.25, 0.3) is 0 Å². The Labute approximate surface area is 71.0 Å². The summed E-state index contributed by atoms with van der Waals surface area (Å²) in [7, 11) is 0. The molecule has 62 valence electrons. The molecule has 0 fully saturated rings. The van der Waals surface area contributed by atoms with E-state index >= 15 is 0 Å². The number of hydrogen-bond donors (Lipinski definition) is 1. The maximum atomic E-state index is 10.8. The van der Waals surface area contributed by atoms with Gasteiger partial charge in [0.1, 0.15) is 0 Å². The summed E-state index contributed by atoms with van der Waals surface area (Å²) in [6.07, 6.45) is 6.81. The predicted octanol–water partition coefficient (Wildman–Crippen LogP) is 1.37. The third-order valence-corrected chi connectivity index (χ3v) is 1.68. The minimum absolute atomic E-state index is 0.0165. The van der Waals surface area contributed by atoms with Crippen molar-refractivity contribution in [2.75, 3.05) is 12.4 Å². The molecule has 0 spiro atoms. The molecule has 1 N–H and O–H groups in total. The van der Waals surface area contributed by atoms with Gasteiger partial charge >= 0.3 is 0 Å². The van der Waals surface area contributed by atoms with Gasteiger partial charge < -0.3 is 5.11 Å². The van der Waals surface area contributed by atoms with Crippen molar-refractivity contribution in [3.8, 4) is 0 Å². The Hall–Kier alpha value is -0.540. The number of thioether (sulfide) groups is 1. The summed E-state index contributed by atoms with van der Waals surface area (Å²) in [6, 6.07) is 0. The zero-order valence-corrected chi connectivity index (χ0v) is 7.30. The SMILES string of the molecule is C/C=C/C=C/C(=O)SCCO. The molecule has 11 heavy (non-hydrogen) atoms. The van der Waals surface area contributed by atoms with Gasteiger partial charge in [0.15, 0.2) is 0 Å². The molecular formula is C8H12O2S. The molecule has 0 aliphatic carbocycles. The zero-order valence-electron chi connectivity index (χ0n) is 6.49. The maximum absolute atomic E-state index is 10.8. The van der Waals surface area contributed by atoms with Crippen molar-refractivity contribution in [2.45, 2.75) is 6.92 Å². The topological polar surface area (TPSA) is 37.3 Å². The van der Waals surface area contributed by atoms with Crippen LogP contribution in [0.25, 0.3) is 0 Å². The Morgan fingerprint density at radius 3 is 2.82 bits per heavy atom. The van der Waals surface area contributed by atoms with Crippen LogP contribution < -0.4 is 0 Å². The first-order chi connectivity index (χ1) is 5.31. The molecule has 0 bridgehead atoms. The van der Waals surface area contributed by atoms with Gasteiger partial charge in [-0.05, 0) is 13.0 Å². The third kappa shape index (κ3) is 7.36. The summed E-state index contributed by atoms with van der Waals surface area (Å²) in [5.74, 6) is 0.471. The molecule has 0 rings (SSSR count). The van der Waals surface area contributed by atoms with Crippen LogP contribution in [-0.2, 0) is 4.79 Å². The molecule has 0 amide bonds. The maximum Gasteiger partial charge on any atom is 0.212 e. The van der Waals surface area contributed by atoms with E-state index in [1.54, 1.807) is 12.2 Å². The fourth-order valence-electron chi connectivity index (χ4n) is 0.440. The van der Waals surface area contributed by atoms with Gasteiger partial charge in [-0.3, -0.25) is 4.79 Å². The number of aliphatic hydroxyl groups excluding tert-OH is 1. The molecule has 0 saturated carbocycles. The highest BCUT2D eigenvalue weighted by atomic mass is 32.2. The Kier molecular flexibility index (Phi) is 7.19. The Bertz CT molecular complexity index is 161. The fourth-order valence-corrected chi connectivity index (χ4v) is 0.907. The zero-order chi connectivity index (χ0) is 8.53. The summed E-state index contributed by atoms with van der Waals surface area (Å²) >= 11 is 1.12. The largest absolute Gasteiger partial charge is 0.396 e. The molecule has 0 aliphatic rings. The van der Waals surface area contributed by atoms with Gasteiger partial charge in [0, 0.05) is 5.75 Å². The lowest BCUT2D eigenvalue weighted by atomic mass is 10.4. The van der Waals surface area contributed by atoms with Gasteiger partial charge in [-0.1, -0.05) is 30.0 Å². The van der Waals surface area contributed by atoms with Crippen molar-refractivity contribution in [3.63, 3.8) is 0 Å². The van der Waals surface area contributed by atoms with E-state index < -0.39 is 0 Å². The average Bonchev–Trinajstić information content (AvgIpc) is 2.01. The van der Waals surface area contributed by atoms with Crippen molar-refractivity contribution < 1.29 is 9.90 Å². The number of rotatable bonds is 4. The summed E-state index contributed by atoms with van der Waals surface area (Å²) in [6.45, 7) is 1.93. The highest BCUT2D eigenvalue weighted by Crippen LogP contribution is 2.01. The van der Waals surface area contributed by atoms with Crippen LogP contribution in [-0.4, -0.2) is 22.6 Å². The van der Waals surface area contributed by atoms with Crippen molar-refractivity contribution in [3.05, 3.63) is 24.3 Å². The van der Waals surface area contributed by atoms with Gasteiger partial charge in [-0.15, -0.1) is 0 Å². The monoisotopic (exact) mass is 172 g/mol. The normalized spacial score (nSPS) is 11.5. The molecule has 3 heteroatoms. The molecule has 0 radical (unpaired) electrons. The van der Waals surface area contributed by atoms with E-state index in [-0.39, 0.29) is 11.7 Å². The van der Waals surface area contributed by atoms with E-state index in [4.69, 9.17) is 5.11 Å². The van der Waals surface area contributed by atoms with Crippen LogP contribution in [0, 0.1) is 0 Å². The first-order valence-electron chi connectivity index (χ1n) is 3.38. The Morgan fingerprint density at radius 1 is 1.55 bits per heavy atom. The number of carbonyl (C=O) groups excluding carboxylic acids is 1. The second-order valence-electron chi connectivity index (χ2n) is 1.78. The average molecular weight is 172 g/mol. The lowest BCUT2D eigenvalue weighted by Gasteiger charge is -1.89. The predicted molar refractivity (Wildman–Crippen MR) is 48.5 cm³/mol. The standard InChI is InChI=1S/C8H12O2S/c1-2-3-4-5-8(10)11-7-6-9/h2-5,9H,6-7H2,1H3/b3-2+,5-4+. The van der Waals surface area contributed by atoms with E-state index in [2.05, 4.69) is 0 Å². The van der Waals surface area contributed by atoms with E-state index in [1.165, 1.54) is 6.08 Å². The smallest absolute Gasteiger partial charge is 0.212 e. The van der Waals surface area contributed by atoms with E-state index in [9.17, 15) is 4.79 Å². The van der Waals surface area contributed by atoms with E-state index in [0.717, 1.165) is 11.8 Å². The molecule has 2 nitrogen and oxygen atoms in total. The summed E-state index contributed by atoms with van der Waals surface area (Å²) in [5, 5.41) is 8.36. The molecule has 0 heterocycles. The number of hydrogen-bond acceptors (Lipinski definition) is 3. The molecular weight excluding hydrogens is 160 g/mol. The molecule has 0 aliphatic heterocycles. The molecule has 0 unspecified atom stereocenters. The molecule has 0 aromatic rings. The van der Waals surface area contributed by atoms with E-state index in [1.807, 2.05) is 13.0 Å². The lowest BCUT2D eigenvalue weighted by molar-refractivity contribution is -0.107. The van der Waals surface area contributed by atoms with Crippen LogP contribution >= 0.6 is 11.8 Å². The van der Waals surface area contributed by atoms with Crippen LogP contribution in [0.5, 0.6) is 0 Å². The van der Waals surface area contributed by atoms with Crippen LogP contribution in [0.4, 0.5) is 0 Å². The second kappa shape index (κ2) is 7.57. The molecule has 0 saturated heterocycles. The Balaban J connectivity index is 3.51. The summed E-state index contributed by atoms with van der Waals surface area (Å²) < 4.78 is 0. The Morgan fingerprint density at radius 2 is 2.27 bits per heavy atom. The molecule has 0 atom stereocenters. The van der Waals surface area contributed by atoms with Crippen molar-refractivity contribution >= 4 is 16.9 Å². The minimum atomic E-state index is -0.0165. The van der Waals surface area contributed by atoms with Crippen LogP contribution in [0.3, 0.4) is 0 Å². The second-order valence-corrected chi connectivity index (χ2v) is 2.88.